The van der Waals surface area contributed by atoms with E-state index in [9.17, 15) is 8.78 Å². The van der Waals surface area contributed by atoms with Gasteiger partial charge in [0, 0.05) is 29.3 Å². The summed E-state index contributed by atoms with van der Waals surface area (Å²) in [4.78, 5) is 8.65. The molecule has 25 heavy (non-hydrogen) atoms. The van der Waals surface area contributed by atoms with E-state index in [1.807, 2.05) is 18.2 Å². The average Bonchev–Trinajstić information content (AvgIpc) is 3.20. The summed E-state index contributed by atoms with van der Waals surface area (Å²) in [6, 6.07) is 7.84. The molecule has 4 rings (SSSR count). The van der Waals surface area contributed by atoms with Crippen molar-refractivity contribution in [1.82, 2.24) is 20.2 Å². The summed E-state index contributed by atoms with van der Waals surface area (Å²) in [7, 11) is 0. The fraction of sp³-hybridized carbons (Fsp3) is 0.294. The zero-order chi connectivity index (χ0) is 17.4. The van der Waals surface area contributed by atoms with E-state index >= 15 is 0 Å². The van der Waals surface area contributed by atoms with E-state index in [1.165, 1.54) is 18.0 Å². The molecule has 0 aliphatic heterocycles. The van der Waals surface area contributed by atoms with Crippen LogP contribution >= 0.6 is 11.6 Å². The van der Waals surface area contributed by atoms with Gasteiger partial charge in [-0.15, -0.1) is 10.2 Å². The van der Waals surface area contributed by atoms with Crippen LogP contribution in [0.2, 0.25) is 5.02 Å². The first-order chi connectivity index (χ1) is 12.1. The fourth-order valence-electron chi connectivity index (χ4n) is 2.84. The van der Waals surface area contributed by atoms with Crippen molar-refractivity contribution in [2.45, 2.75) is 31.1 Å². The molecule has 0 unspecified atom stereocenters. The molecule has 2 aromatic heterocycles. The molecule has 0 spiro atoms. The quantitative estimate of drug-likeness (QED) is 0.673. The summed E-state index contributed by atoms with van der Waals surface area (Å²) in [5.41, 5.74) is 1.63. The summed E-state index contributed by atoms with van der Waals surface area (Å²) in [5, 5.41) is 7.60. The molecule has 8 heteroatoms. The van der Waals surface area contributed by atoms with Crippen LogP contribution in [0.3, 0.4) is 0 Å². The SMILES string of the molecule is FC(F)c1nnc(-c2cnc(CC3(c4cccc(Cl)c4)CC3)nc2)o1. The van der Waals surface area contributed by atoms with E-state index in [4.69, 9.17) is 16.0 Å². The highest BCUT2D eigenvalue weighted by Gasteiger charge is 2.44. The molecule has 0 bridgehead atoms. The number of hydrogen-bond donors (Lipinski definition) is 0. The minimum Gasteiger partial charge on any atom is -0.415 e. The van der Waals surface area contributed by atoms with Gasteiger partial charge < -0.3 is 4.42 Å². The molecular formula is C17H13ClF2N4O. The lowest BCUT2D eigenvalue weighted by atomic mass is 9.92. The van der Waals surface area contributed by atoms with Gasteiger partial charge in [-0.3, -0.25) is 0 Å². The van der Waals surface area contributed by atoms with E-state index in [-0.39, 0.29) is 11.3 Å². The summed E-state index contributed by atoms with van der Waals surface area (Å²) < 4.78 is 29.9. The fourth-order valence-corrected chi connectivity index (χ4v) is 3.03. The second-order valence-corrected chi connectivity index (χ2v) is 6.54. The summed E-state index contributed by atoms with van der Waals surface area (Å²) in [5.74, 6) is -0.0513. The minimum atomic E-state index is -2.80. The van der Waals surface area contributed by atoms with Gasteiger partial charge in [0.05, 0.1) is 5.56 Å². The Morgan fingerprint density at radius 2 is 1.92 bits per heavy atom. The van der Waals surface area contributed by atoms with Gasteiger partial charge >= 0.3 is 6.43 Å². The third kappa shape index (κ3) is 3.24. The first kappa shape index (κ1) is 16.1. The lowest BCUT2D eigenvalue weighted by Gasteiger charge is -2.15. The minimum absolute atomic E-state index is 0.0159. The molecule has 1 aliphatic carbocycles. The van der Waals surface area contributed by atoms with Gasteiger partial charge in [-0.25, -0.2) is 9.97 Å². The third-order valence-electron chi connectivity index (χ3n) is 4.37. The lowest BCUT2D eigenvalue weighted by Crippen LogP contribution is -2.12. The topological polar surface area (TPSA) is 64.7 Å². The van der Waals surface area contributed by atoms with Gasteiger partial charge in [-0.2, -0.15) is 8.78 Å². The molecule has 0 saturated heterocycles. The van der Waals surface area contributed by atoms with Gasteiger partial charge in [0.2, 0.25) is 0 Å². The maximum Gasteiger partial charge on any atom is 0.314 e. The third-order valence-corrected chi connectivity index (χ3v) is 4.60. The van der Waals surface area contributed by atoms with Crippen molar-refractivity contribution >= 4 is 11.6 Å². The lowest BCUT2D eigenvalue weighted by molar-refractivity contribution is 0.116. The normalized spacial score (nSPS) is 15.5. The molecule has 0 radical (unpaired) electrons. The second kappa shape index (κ2) is 6.15. The molecule has 1 saturated carbocycles. The van der Waals surface area contributed by atoms with Gasteiger partial charge in [-0.1, -0.05) is 23.7 Å². The standard InChI is InChI=1S/C17H13ClF2N4O/c18-12-3-1-2-11(6-12)17(4-5-17)7-13-21-8-10(9-22-13)15-23-24-16(25-15)14(19)20/h1-3,6,8-9,14H,4-5,7H2. The van der Waals surface area contributed by atoms with Gasteiger partial charge in [0.1, 0.15) is 5.82 Å². The molecule has 3 aromatic rings. The number of alkyl halides is 2. The molecule has 2 heterocycles. The Balaban J connectivity index is 1.52. The van der Waals surface area contributed by atoms with Gasteiger partial charge in [-0.05, 0) is 30.5 Å². The smallest absolute Gasteiger partial charge is 0.314 e. The highest BCUT2D eigenvalue weighted by Crippen LogP contribution is 2.50. The molecule has 0 N–H and O–H groups in total. The predicted octanol–water partition coefficient (Wildman–Crippen LogP) is 4.39. The summed E-state index contributed by atoms with van der Waals surface area (Å²) >= 11 is 6.09. The zero-order valence-electron chi connectivity index (χ0n) is 13.0. The largest absolute Gasteiger partial charge is 0.415 e. The monoisotopic (exact) mass is 362 g/mol. The van der Waals surface area contributed by atoms with E-state index in [0.29, 0.717) is 22.8 Å². The van der Waals surface area contributed by atoms with Crippen LogP contribution in [0.5, 0.6) is 0 Å². The van der Waals surface area contributed by atoms with Gasteiger partial charge in [0.25, 0.3) is 11.8 Å². The van der Waals surface area contributed by atoms with Crippen molar-refractivity contribution in [2.75, 3.05) is 0 Å². The molecule has 0 amide bonds. The Morgan fingerprint density at radius 1 is 1.16 bits per heavy atom. The molecular weight excluding hydrogens is 350 g/mol. The highest BCUT2D eigenvalue weighted by molar-refractivity contribution is 6.30. The molecule has 0 atom stereocenters. The Bertz CT molecular complexity index is 894. The number of hydrogen-bond acceptors (Lipinski definition) is 5. The van der Waals surface area contributed by atoms with Crippen LogP contribution in [0.4, 0.5) is 8.78 Å². The maximum atomic E-state index is 12.5. The van der Waals surface area contributed by atoms with Crippen LogP contribution in [0.1, 0.15) is 36.5 Å². The number of rotatable bonds is 5. The van der Waals surface area contributed by atoms with Crippen molar-refractivity contribution in [2.24, 2.45) is 0 Å². The number of aromatic nitrogens is 4. The Kier molecular flexibility index (Phi) is 3.95. The van der Waals surface area contributed by atoms with Crippen molar-refractivity contribution < 1.29 is 13.2 Å². The van der Waals surface area contributed by atoms with Crippen molar-refractivity contribution in [3.05, 3.63) is 59.0 Å². The molecule has 128 valence electrons. The zero-order valence-corrected chi connectivity index (χ0v) is 13.7. The van der Waals surface area contributed by atoms with Crippen LogP contribution in [-0.2, 0) is 11.8 Å². The van der Waals surface area contributed by atoms with Crippen LogP contribution in [0, 0.1) is 0 Å². The van der Waals surface area contributed by atoms with E-state index in [0.717, 1.165) is 12.8 Å². The number of benzene rings is 1. The van der Waals surface area contributed by atoms with E-state index in [2.05, 4.69) is 26.2 Å². The Morgan fingerprint density at radius 3 is 2.52 bits per heavy atom. The first-order valence-electron chi connectivity index (χ1n) is 7.75. The second-order valence-electron chi connectivity index (χ2n) is 6.10. The van der Waals surface area contributed by atoms with E-state index in [1.54, 1.807) is 0 Å². The number of nitrogens with zero attached hydrogens (tertiary/aromatic N) is 4. The van der Waals surface area contributed by atoms with Crippen LogP contribution in [0.25, 0.3) is 11.5 Å². The van der Waals surface area contributed by atoms with Crippen molar-refractivity contribution in [3.8, 4) is 11.5 Å². The van der Waals surface area contributed by atoms with Crippen LogP contribution < -0.4 is 0 Å². The first-order valence-corrected chi connectivity index (χ1v) is 8.12. The summed E-state index contributed by atoms with van der Waals surface area (Å²) in [6.45, 7) is 0. The molecule has 1 fully saturated rings. The summed E-state index contributed by atoms with van der Waals surface area (Å²) in [6.07, 6.45) is 3.03. The van der Waals surface area contributed by atoms with Crippen LogP contribution in [0.15, 0.2) is 41.1 Å². The highest BCUT2D eigenvalue weighted by atomic mass is 35.5. The van der Waals surface area contributed by atoms with Crippen LogP contribution in [-0.4, -0.2) is 20.2 Å². The van der Waals surface area contributed by atoms with Gasteiger partial charge in [0.15, 0.2) is 0 Å². The Hall–Kier alpha value is -2.41. The molecule has 1 aliphatic rings. The molecule has 5 nitrogen and oxygen atoms in total. The Labute approximate surface area is 147 Å². The van der Waals surface area contributed by atoms with E-state index < -0.39 is 12.3 Å². The predicted molar refractivity (Wildman–Crippen MR) is 86.3 cm³/mol. The van der Waals surface area contributed by atoms with Crippen molar-refractivity contribution in [1.29, 1.82) is 0 Å². The number of halogens is 3. The average molecular weight is 363 g/mol. The maximum absolute atomic E-state index is 12.5. The van der Waals surface area contributed by atoms with Crippen molar-refractivity contribution in [3.63, 3.8) is 0 Å². The molecule has 1 aromatic carbocycles.